The number of hydrogen-bond acceptors (Lipinski definition) is 9. The van der Waals surface area contributed by atoms with E-state index in [1.54, 1.807) is 33.7 Å². The van der Waals surface area contributed by atoms with Gasteiger partial charge < -0.3 is 14.5 Å². The number of nitrogens with one attached hydrogen (secondary N) is 1. The second kappa shape index (κ2) is 11.3. The zero-order valence-corrected chi connectivity index (χ0v) is 24.3. The van der Waals surface area contributed by atoms with Gasteiger partial charge in [0, 0.05) is 61.8 Å². The Morgan fingerprint density at radius 3 is 2.77 bits per heavy atom. The molecule has 3 amide bonds. The molecule has 1 aromatic carbocycles. The number of terminal acetylenes is 1. The van der Waals surface area contributed by atoms with Crippen molar-refractivity contribution < 1.29 is 22.7 Å². The molecule has 2 aromatic rings. The van der Waals surface area contributed by atoms with Gasteiger partial charge in [0.25, 0.3) is 10.0 Å². The number of rotatable bonds is 4. The van der Waals surface area contributed by atoms with Gasteiger partial charge in [-0.25, -0.2) is 18.2 Å². The van der Waals surface area contributed by atoms with Crippen LogP contribution in [0.1, 0.15) is 18.4 Å². The third-order valence-corrected chi connectivity index (χ3v) is 12.0. The second-order valence-corrected chi connectivity index (χ2v) is 14.3. The summed E-state index contributed by atoms with van der Waals surface area (Å²) in [5.41, 5.74) is 0.687. The van der Waals surface area contributed by atoms with Gasteiger partial charge in [0.2, 0.25) is 5.91 Å². The van der Waals surface area contributed by atoms with Crippen molar-refractivity contribution in [2.24, 2.45) is 5.10 Å². The van der Waals surface area contributed by atoms with Gasteiger partial charge in [0.05, 0.1) is 25.3 Å². The highest BCUT2D eigenvalue weighted by molar-refractivity contribution is 8.14. The molecule has 3 saturated heterocycles. The van der Waals surface area contributed by atoms with Crippen molar-refractivity contribution in [1.29, 1.82) is 0 Å². The number of benzene rings is 1. The number of thiophene rings is 1. The van der Waals surface area contributed by atoms with Gasteiger partial charge in [0.1, 0.15) is 9.25 Å². The topological polar surface area (TPSA) is 115 Å². The van der Waals surface area contributed by atoms with Crippen LogP contribution in [0.5, 0.6) is 0 Å². The summed E-state index contributed by atoms with van der Waals surface area (Å²) in [4.78, 5) is 30.3. The lowest BCUT2D eigenvalue weighted by Crippen LogP contribution is -2.60. The lowest BCUT2D eigenvalue weighted by Gasteiger charge is -2.42. The van der Waals surface area contributed by atoms with E-state index in [0.717, 1.165) is 27.4 Å². The number of amides is 3. The third kappa shape index (κ3) is 5.34. The minimum atomic E-state index is -3.86. The standard InChI is InChI=1S/C26H30N6O5S3/c1-2-18-3-4-19-14-24(39-22(19)13-18)40(35,36)30-7-8-31(20(16-30)15-23(33)29-9-11-37-12-10-29)26(34)32-6-5-21-25(28-32)38-17-27-21/h1,3-4,13-14,20-21,27H,5-12,15-17H2. The van der Waals surface area contributed by atoms with Gasteiger partial charge in [-0.05, 0) is 30.0 Å². The van der Waals surface area contributed by atoms with Crippen molar-refractivity contribution in [3.63, 3.8) is 0 Å². The van der Waals surface area contributed by atoms with Gasteiger partial charge in [-0.3, -0.25) is 10.1 Å². The van der Waals surface area contributed by atoms with Crippen molar-refractivity contribution in [1.82, 2.24) is 24.4 Å². The van der Waals surface area contributed by atoms with E-state index in [-0.39, 0.29) is 48.2 Å². The molecule has 0 aliphatic carbocycles. The van der Waals surface area contributed by atoms with Crippen LogP contribution in [0.15, 0.2) is 33.6 Å². The maximum atomic E-state index is 13.8. The number of sulfonamides is 1. The Kier molecular flexibility index (Phi) is 7.77. The quantitative estimate of drug-likeness (QED) is 0.529. The fraction of sp³-hybridized carbons (Fsp3) is 0.500. The molecule has 2 unspecified atom stereocenters. The molecule has 212 valence electrons. The second-order valence-electron chi connectivity index (χ2n) is 10.0. The van der Waals surface area contributed by atoms with Crippen LogP contribution >= 0.6 is 23.1 Å². The van der Waals surface area contributed by atoms with Crippen molar-refractivity contribution in [3.05, 3.63) is 29.8 Å². The Labute approximate surface area is 241 Å². The summed E-state index contributed by atoms with van der Waals surface area (Å²) in [6.07, 6.45) is 6.31. The Morgan fingerprint density at radius 1 is 1.15 bits per heavy atom. The van der Waals surface area contributed by atoms with E-state index < -0.39 is 16.1 Å². The molecule has 11 nitrogen and oxygen atoms in total. The average Bonchev–Trinajstić information content (AvgIpc) is 3.64. The summed E-state index contributed by atoms with van der Waals surface area (Å²) in [5.74, 6) is 3.23. The Hall–Kier alpha value is -2.67. The van der Waals surface area contributed by atoms with Gasteiger partial charge in [-0.2, -0.15) is 9.41 Å². The molecule has 6 rings (SSSR count). The number of carbonyl (C=O) groups excluding carboxylic acids is 2. The van der Waals surface area contributed by atoms with E-state index in [1.165, 1.54) is 20.7 Å². The SMILES string of the molecule is C#Cc1ccc2cc(S(=O)(=O)N3CCN(C(=O)N4CCC5NCSC5=N4)C(CC(=O)N4CCOCC4)C3)sc2c1. The molecular weight excluding hydrogens is 573 g/mol. The molecule has 14 heteroatoms. The number of urea groups is 1. The van der Waals surface area contributed by atoms with Crippen molar-refractivity contribution in [3.8, 4) is 12.3 Å². The summed E-state index contributed by atoms with van der Waals surface area (Å²) in [6.45, 7) is 2.67. The Bertz CT molecular complexity index is 1500. The molecule has 0 radical (unpaired) electrons. The van der Waals surface area contributed by atoms with E-state index >= 15 is 0 Å². The van der Waals surface area contributed by atoms with Crippen LogP contribution < -0.4 is 5.32 Å². The summed E-state index contributed by atoms with van der Waals surface area (Å²) >= 11 is 2.76. The van der Waals surface area contributed by atoms with E-state index in [9.17, 15) is 18.0 Å². The van der Waals surface area contributed by atoms with Gasteiger partial charge >= 0.3 is 6.03 Å². The van der Waals surface area contributed by atoms with Crippen LogP contribution in [0.4, 0.5) is 4.79 Å². The van der Waals surface area contributed by atoms with Gasteiger partial charge in [0.15, 0.2) is 0 Å². The molecule has 5 heterocycles. The highest BCUT2D eigenvalue weighted by Gasteiger charge is 2.41. The Balaban J connectivity index is 1.25. The lowest BCUT2D eigenvalue weighted by atomic mass is 10.1. The first-order valence-corrected chi connectivity index (χ1v) is 16.5. The predicted octanol–water partition coefficient (Wildman–Crippen LogP) is 1.61. The Morgan fingerprint density at radius 2 is 1.98 bits per heavy atom. The highest BCUT2D eigenvalue weighted by Crippen LogP contribution is 2.33. The molecule has 4 aliphatic heterocycles. The molecule has 0 saturated carbocycles. The highest BCUT2D eigenvalue weighted by atomic mass is 32.2. The normalized spacial score (nSPS) is 24.1. The third-order valence-electron chi connectivity index (χ3n) is 7.64. The van der Waals surface area contributed by atoms with Crippen molar-refractivity contribution in [2.45, 2.75) is 29.1 Å². The number of hydrazone groups is 1. The van der Waals surface area contributed by atoms with E-state index in [2.05, 4.69) is 16.3 Å². The number of morpholine rings is 1. The maximum Gasteiger partial charge on any atom is 0.340 e. The average molecular weight is 603 g/mol. The minimum absolute atomic E-state index is 0.0251. The van der Waals surface area contributed by atoms with Crippen LogP contribution in [0.25, 0.3) is 10.1 Å². The number of carbonyl (C=O) groups is 2. The lowest BCUT2D eigenvalue weighted by molar-refractivity contribution is -0.136. The summed E-state index contributed by atoms with van der Waals surface area (Å²) in [6, 6.07) is 6.34. The first kappa shape index (κ1) is 27.5. The zero-order valence-electron chi connectivity index (χ0n) is 21.8. The van der Waals surface area contributed by atoms with Crippen LogP contribution in [-0.2, 0) is 19.6 Å². The number of thioether (sulfide) groups is 1. The van der Waals surface area contributed by atoms with Crippen molar-refractivity contribution in [2.75, 3.05) is 58.4 Å². The smallest absolute Gasteiger partial charge is 0.340 e. The van der Waals surface area contributed by atoms with Crippen LogP contribution in [-0.4, -0.2) is 115 Å². The number of nitrogens with zero attached hydrogens (tertiary/aromatic N) is 5. The molecule has 40 heavy (non-hydrogen) atoms. The number of hydrogen-bond donors (Lipinski definition) is 1. The first-order valence-electron chi connectivity index (χ1n) is 13.2. The predicted molar refractivity (Wildman–Crippen MR) is 155 cm³/mol. The molecular formula is C26H30N6O5S3. The zero-order chi connectivity index (χ0) is 27.9. The van der Waals surface area contributed by atoms with Crippen LogP contribution in [0.2, 0.25) is 0 Å². The first-order chi connectivity index (χ1) is 19.3. The monoisotopic (exact) mass is 602 g/mol. The molecule has 1 N–H and O–H groups in total. The van der Waals surface area contributed by atoms with E-state index in [1.807, 2.05) is 12.1 Å². The van der Waals surface area contributed by atoms with Gasteiger partial charge in [-0.15, -0.1) is 17.8 Å². The molecule has 2 atom stereocenters. The van der Waals surface area contributed by atoms with Gasteiger partial charge in [-0.1, -0.05) is 23.7 Å². The number of ether oxygens (including phenoxy) is 1. The molecule has 1 aromatic heterocycles. The summed E-state index contributed by atoms with van der Waals surface area (Å²) in [7, 11) is -3.86. The van der Waals surface area contributed by atoms with Crippen molar-refractivity contribution >= 4 is 60.2 Å². The largest absolute Gasteiger partial charge is 0.378 e. The minimum Gasteiger partial charge on any atom is -0.378 e. The van der Waals surface area contributed by atoms with Crippen LogP contribution in [0.3, 0.4) is 0 Å². The summed E-state index contributed by atoms with van der Waals surface area (Å²) in [5, 5.41) is 11.1. The number of fused-ring (bicyclic) bond motifs is 2. The molecule has 0 spiro atoms. The molecule has 3 fully saturated rings. The summed E-state index contributed by atoms with van der Waals surface area (Å²) < 4.78 is 35.4. The molecule has 0 bridgehead atoms. The van der Waals surface area contributed by atoms with E-state index in [4.69, 9.17) is 11.2 Å². The fourth-order valence-corrected chi connectivity index (χ4v) is 9.45. The fourth-order valence-electron chi connectivity index (χ4n) is 5.40. The van der Waals surface area contributed by atoms with Crippen LogP contribution in [0, 0.1) is 12.3 Å². The number of piperazine rings is 1. The molecule has 4 aliphatic rings. The van der Waals surface area contributed by atoms with E-state index in [0.29, 0.717) is 38.4 Å². The maximum absolute atomic E-state index is 13.8.